The summed E-state index contributed by atoms with van der Waals surface area (Å²) in [6.07, 6.45) is 3.54. The van der Waals surface area contributed by atoms with Gasteiger partial charge in [-0.2, -0.15) is 11.2 Å². The number of hydrogen-bond donors (Lipinski definition) is 0. The molecule has 0 aliphatic heterocycles. The Morgan fingerprint density at radius 3 is 2.15 bits per heavy atom. The van der Waals surface area contributed by atoms with Gasteiger partial charge in [-0.1, -0.05) is 91.2 Å². The second-order valence-corrected chi connectivity index (χ2v) is 15.2. The molecule has 4 aromatic carbocycles. The van der Waals surface area contributed by atoms with Gasteiger partial charge in [-0.15, -0.1) is 41.3 Å². The number of ether oxygens (including phenoxy) is 2. The first-order chi connectivity index (χ1) is 24.4. The van der Waals surface area contributed by atoms with Crippen LogP contribution in [-0.2, 0) is 44.7 Å². The van der Waals surface area contributed by atoms with Crippen LogP contribution in [0.2, 0.25) is 0 Å². The summed E-state index contributed by atoms with van der Waals surface area (Å²) in [5.74, 6) is 2.83. The molecule has 3 heterocycles. The zero-order valence-corrected chi connectivity index (χ0v) is 33.8. The Hall–Kier alpha value is -4.67. The van der Waals surface area contributed by atoms with Crippen LogP contribution in [0.1, 0.15) is 77.9 Å². The first-order valence-corrected chi connectivity index (χ1v) is 17.8. The van der Waals surface area contributed by atoms with Crippen molar-refractivity contribution >= 4 is 21.8 Å². The van der Waals surface area contributed by atoms with Crippen molar-refractivity contribution in [3.63, 3.8) is 0 Å². The molecule has 0 aliphatic carbocycles. The van der Waals surface area contributed by atoms with Crippen LogP contribution >= 0.6 is 0 Å². The fourth-order valence-corrected chi connectivity index (χ4v) is 6.80. The normalized spacial score (nSPS) is 11.9. The van der Waals surface area contributed by atoms with Crippen LogP contribution in [0, 0.1) is 12.1 Å². The van der Waals surface area contributed by atoms with Gasteiger partial charge in [-0.3, -0.25) is 4.68 Å². The molecule has 7 aromatic rings. The molecule has 0 N–H and O–H groups in total. The second kappa shape index (κ2) is 14.4. The molecule has 0 unspecified atom stereocenters. The first-order valence-electron chi connectivity index (χ1n) is 17.8. The molecule has 7 heteroatoms. The van der Waals surface area contributed by atoms with E-state index in [0.717, 1.165) is 68.9 Å². The van der Waals surface area contributed by atoms with E-state index in [1.807, 2.05) is 18.3 Å². The number of nitrogens with zero attached hydrogens (tertiary/aromatic N) is 4. The molecule has 0 spiro atoms. The monoisotopic (exact) mass is 869 g/mol. The van der Waals surface area contributed by atoms with E-state index in [4.69, 9.17) is 19.6 Å². The van der Waals surface area contributed by atoms with Crippen LogP contribution in [0.15, 0.2) is 91.1 Å². The van der Waals surface area contributed by atoms with Gasteiger partial charge in [0.1, 0.15) is 11.6 Å². The molecule has 6 nitrogen and oxygen atoms in total. The minimum Gasteiger partial charge on any atom is -0.509 e. The zero-order valence-electron chi connectivity index (χ0n) is 31.5. The summed E-state index contributed by atoms with van der Waals surface area (Å²) in [6.45, 7) is 17.7. The molecule has 0 radical (unpaired) electrons. The zero-order chi connectivity index (χ0) is 36.1. The minimum absolute atomic E-state index is 0. The first kappa shape index (κ1) is 37.1. The fraction of sp³-hybridized carbons (Fsp3) is 0.289. The van der Waals surface area contributed by atoms with Crippen molar-refractivity contribution in [1.29, 1.82) is 0 Å². The number of rotatable bonds is 8. The van der Waals surface area contributed by atoms with E-state index >= 15 is 0 Å². The van der Waals surface area contributed by atoms with E-state index in [0.29, 0.717) is 11.5 Å². The molecular weight excluding hydrogens is 824 g/mol. The third-order valence-electron chi connectivity index (χ3n) is 9.63. The van der Waals surface area contributed by atoms with Gasteiger partial charge in [0.2, 0.25) is 0 Å². The van der Waals surface area contributed by atoms with Crippen molar-refractivity contribution in [2.75, 3.05) is 7.11 Å². The predicted octanol–water partition coefficient (Wildman–Crippen LogP) is 11.1. The van der Waals surface area contributed by atoms with Gasteiger partial charge in [0.05, 0.1) is 12.8 Å². The molecular formula is C45H46N4O2Pt. The van der Waals surface area contributed by atoms with Crippen LogP contribution < -0.4 is 9.47 Å². The molecule has 0 atom stereocenters. The Morgan fingerprint density at radius 1 is 0.731 bits per heavy atom. The van der Waals surface area contributed by atoms with Crippen LogP contribution in [0.5, 0.6) is 17.2 Å². The van der Waals surface area contributed by atoms with Crippen molar-refractivity contribution in [3.8, 4) is 39.9 Å². The summed E-state index contributed by atoms with van der Waals surface area (Å²) in [7, 11) is 1.70. The smallest absolute Gasteiger partial charge is 0.509 e. The molecule has 0 fully saturated rings. The van der Waals surface area contributed by atoms with E-state index < -0.39 is 0 Å². The van der Waals surface area contributed by atoms with Crippen LogP contribution in [-0.4, -0.2) is 26.4 Å². The van der Waals surface area contributed by atoms with Crippen molar-refractivity contribution in [2.45, 2.75) is 79.1 Å². The van der Waals surface area contributed by atoms with Gasteiger partial charge in [0.15, 0.2) is 0 Å². The molecule has 0 aliphatic rings. The third-order valence-corrected chi connectivity index (χ3v) is 9.63. The van der Waals surface area contributed by atoms with E-state index in [9.17, 15) is 0 Å². The van der Waals surface area contributed by atoms with Crippen LogP contribution in [0.4, 0.5) is 0 Å². The third kappa shape index (κ3) is 6.94. The maximum Gasteiger partial charge on any atom is 2.00 e. The molecule has 0 saturated heterocycles. The van der Waals surface area contributed by atoms with E-state index in [-0.39, 0.29) is 31.9 Å². The standard InChI is InChI=1S/C45H46N4O2.Pt/c1-10-38-43(29-15-13-12-14-16-29)39(11-2)49(47-38)32-23-31(45(6,7)8)24-35(26-32)51-34-17-19-36-37-27-33(50-9)18-20-40(37)48(41(36)28-34)42-25-30(21-22-46-42)44(3,4)5;/h12-25,27H,10-11H2,1-9H3;/q-2;+2. The fourth-order valence-electron chi connectivity index (χ4n) is 6.80. The van der Waals surface area contributed by atoms with E-state index in [1.165, 1.54) is 16.7 Å². The van der Waals surface area contributed by atoms with Crippen LogP contribution in [0.25, 0.3) is 44.4 Å². The number of benzene rings is 4. The van der Waals surface area contributed by atoms with Gasteiger partial charge in [0, 0.05) is 34.5 Å². The second-order valence-electron chi connectivity index (χ2n) is 15.2. The van der Waals surface area contributed by atoms with Gasteiger partial charge in [0.25, 0.3) is 0 Å². The van der Waals surface area contributed by atoms with Gasteiger partial charge in [-0.25, -0.2) is 4.98 Å². The average molecular weight is 870 g/mol. The topological polar surface area (TPSA) is 54.1 Å². The number of hydrogen-bond acceptors (Lipinski definition) is 4. The maximum absolute atomic E-state index is 6.71. The maximum atomic E-state index is 6.71. The largest absolute Gasteiger partial charge is 2.00 e. The summed E-state index contributed by atoms with van der Waals surface area (Å²) in [5, 5.41) is 7.27. The van der Waals surface area contributed by atoms with Gasteiger partial charge in [-0.05, 0) is 76.2 Å². The van der Waals surface area contributed by atoms with Gasteiger partial charge < -0.3 is 14.0 Å². The number of pyridine rings is 1. The molecule has 3 aromatic heterocycles. The minimum atomic E-state index is -0.139. The summed E-state index contributed by atoms with van der Waals surface area (Å²) in [4.78, 5) is 4.84. The Labute approximate surface area is 322 Å². The van der Waals surface area contributed by atoms with Crippen LogP contribution in [0.3, 0.4) is 0 Å². The molecule has 268 valence electrons. The quantitative estimate of drug-likeness (QED) is 0.143. The van der Waals surface area contributed by atoms with Crippen molar-refractivity contribution in [1.82, 2.24) is 19.3 Å². The van der Waals surface area contributed by atoms with E-state index in [1.54, 1.807) is 7.11 Å². The average Bonchev–Trinajstić information content (AvgIpc) is 3.66. The van der Waals surface area contributed by atoms with E-state index in [2.05, 4.69) is 150 Å². The summed E-state index contributed by atoms with van der Waals surface area (Å²) in [6, 6.07) is 36.6. The number of aromatic nitrogens is 4. The van der Waals surface area contributed by atoms with Crippen molar-refractivity contribution in [2.24, 2.45) is 0 Å². The number of methoxy groups -OCH3 is 1. The molecule has 0 bridgehead atoms. The Bertz CT molecular complexity index is 2380. The SMILES string of the molecule is CCc1nn(-c2[c-]c(Oc3[c-]c4c(cc3)c3cc(OC)ccc3n4-c3cc(C(C)(C)C)ccn3)cc(C(C)(C)C)c2)c(CC)c1-c1ccccc1.[Pt+2]. The summed E-state index contributed by atoms with van der Waals surface area (Å²) in [5.41, 5.74) is 9.53. The Kier molecular flexibility index (Phi) is 10.3. The van der Waals surface area contributed by atoms with Crippen molar-refractivity contribution < 1.29 is 30.5 Å². The molecule has 7 rings (SSSR count). The number of aryl methyl sites for hydroxylation is 1. The Balaban J connectivity index is 0.00000464. The summed E-state index contributed by atoms with van der Waals surface area (Å²) >= 11 is 0. The van der Waals surface area contributed by atoms with Crippen molar-refractivity contribution in [3.05, 3.63) is 126 Å². The van der Waals surface area contributed by atoms with Gasteiger partial charge >= 0.3 is 21.1 Å². The Morgan fingerprint density at radius 2 is 1.48 bits per heavy atom. The predicted molar refractivity (Wildman–Crippen MR) is 208 cm³/mol. The summed E-state index contributed by atoms with van der Waals surface area (Å²) < 4.78 is 16.6. The molecule has 0 saturated carbocycles. The number of fused-ring (bicyclic) bond motifs is 3. The molecule has 52 heavy (non-hydrogen) atoms. The molecule has 0 amide bonds.